The molecule has 3 rings (SSSR count). The lowest BCUT2D eigenvalue weighted by atomic mass is 10.1. The molecule has 2 aromatic carbocycles. The summed E-state index contributed by atoms with van der Waals surface area (Å²) in [5.74, 6) is -0.430. The number of carbonyl (C=O) groups is 1. The number of hydrogen-bond acceptors (Lipinski definition) is 3. The Bertz CT molecular complexity index is 938. The van der Waals surface area contributed by atoms with Gasteiger partial charge < -0.3 is 10.4 Å². The molecule has 0 saturated heterocycles. The summed E-state index contributed by atoms with van der Waals surface area (Å²) in [4.78, 5) is 12.6. The molecule has 0 fully saturated rings. The molecule has 1 heterocycles. The monoisotopic (exact) mass is 375 g/mol. The fourth-order valence-electron chi connectivity index (χ4n) is 2.53. The first-order valence-electron chi connectivity index (χ1n) is 7.62. The van der Waals surface area contributed by atoms with E-state index in [2.05, 4.69) is 10.4 Å². The van der Waals surface area contributed by atoms with Crippen LogP contribution in [0.5, 0.6) is 5.75 Å². The number of phenols is 1. The highest BCUT2D eigenvalue weighted by atomic mass is 35.5. The number of amides is 1. The molecule has 5 nitrogen and oxygen atoms in total. The van der Waals surface area contributed by atoms with Crippen LogP contribution in [0.4, 0.5) is 5.69 Å². The fraction of sp³-hybridized carbons (Fsp3) is 0.111. The average molecular weight is 376 g/mol. The molecule has 1 amide bonds. The zero-order chi connectivity index (χ0) is 18.0. The predicted octanol–water partition coefficient (Wildman–Crippen LogP) is 4.70. The molecule has 1 aromatic heterocycles. The van der Waals surface area contributed by atoms with E-state index in [4.69, 9.17) is 23.2 Å². The lowest BCUT2D eigenvalue weighted by Gasteiger charge is -2.10. The quantitative estimate of drug-likeness (QED) is 0.649. The first kappa shape index (κ1) is 17.3. The highest BCUT2D eigenvalue weighted by molar-refractivity contribution is 6.31. The fourth-order valence-corrected chi connectivity index (χ4v) is 2.89. The van der Waals surface area contributed by atoms with E-state index in [0.717, 1.165) is 11.4 Å². The molecule has 0 bridgehead atoms. The third-order valence-corrected chi connectivity index (χ3v) is 4.18. The van der Waals surface area contributed by atoms with Gasteiger partial charge in [0.2, 0.25) is 0 Å². The van der Waals surface area contributed by atoms with Crippen LogP contribution in [0.15, 0.2) is 48.7 Å². The lowest BCUT2D eigenvalue weighted by Crippen LogP contribution is -2.14. The second-order valence-corrected chi connectivity index (χ2v) is 6.24. The van der Waals surface area contributed by atoms with Gasteiger partial charge in [-0.1, -0.05) is 36.2 Å². The van der Waals surface area contributed by atoms with Gasteiger partial charge in [0, 0.05) is 10.0 Å². The van der Waals surface area contributed by atoms with Crippen molar-refractivity contribution in [1.29, 1.82) is 0 Å². The van der Waals surface area contributed by atoms with Crippen LogP contribution in [0, 0.1) is 0 Å². The van der Waals surface area contributed by atoms with Gasteiger partial charge in [-0.2, -0.15) is 5.10 Å². The van der Waals surface area contributed by atoms with Gasteiger partial charge in [0.05, 0.1) is 28.8 Å². The van der Waals surface area contributed by atoms with Crippen LogP contribution in [0.25, 0.3) is 5.69 Å². The maximum absolute atomic E-state index is 12.6. The van der Waals surface area contributed by atoms with Crippen molar-refractivity contribution in [3.8, 4) is 11.4 Å². The molecule has 0 unspecified atom stereocenters. The third kappa shape index (κ3) is 3.62. The van der Waals surface area contributed by atoms with E-state index in [1.54, 1.807) is 22.9 Å². The first-order valence-corrected chi connectivity index (χ1v) is 8.38. The SMILES string of the molecule is CCc1c(C(=O)Nc2cc(Cl)ccc2O)cnn1-c1cccc(Cl)c1. The number of aromatic nitrogens is 2. The zero-order valence-electron chi connectivity index (χ0n) is 13.3. The Morgan fingerprint density at radius 2 is 1.96 bits per heavy atom. The Labute approximate surface area is 154 Å². The molecule has 7 heteroatoms. The summed E-state index contributed by atoms with van der Waals surface area (Å²) in [5.41, 5.74) is 2.17. The van der Waals surface area contributed by atoms with Crippen molar-refractivity contribution in [3.05, 3.63) is 70.0 Å². The Morgan fingerprint density at radius 3 is 2.68 bits per heavy atom. The van der Waals surface area contributed by atoms with Crippen LogP contribution in [0.3, 0.4) is 0 Å². The summed E-state index contributed by atoms with van der Waals surface area (Å²) >= 11 is 12.0. The summed E-state index contributed by atoms with van der Waals surface area (Å²) < 4.78 is 1.68. The molecule has 25 heavy (non-hydrogen) atoms. The Morgan fingerprint density at radius 1 is 1.20 bits per heavy atom. The van der Waals surface area contributed by atoms with Gasteiger partial charge in [-0.3, -0.25) is 4.79 Å². The van der Waals surface area contributed by atoms with Gasteiger partial charge in [0.15, 0.2) is 0 Å². The average Bonchev–Trinajstić information content (AvgIpc) is 3.02. The van der Waals surface area contributed by atoms with Crippen LogP contribution < -0.4 is 5.32 Å². The summed E-state index contributed by atoms with van der Waals surface area (Å²) in [6.07, 6.45) is 2.09. The molecule has 128 valence electrons. The number of phenolic OH excluding ortho intramolecular Hbond substituents is 1. The van der Waals surface area contributed by atoms with E-state index in [1.165, 1.54) is 18.3 Å². The number of halogens is 2. The topological polar surface area (TPSA) is 67.2 Å². The van der Waals surface area contributed by atoms with Gasteiger partial charge in [-0.25, -0.2) is 4.68 Å². The molecule has 0 aliphatic carbocycles. The summed E-state index contributed by atoms with van der Waals surface area (Å²) in [7, 11) is 0. The number of aromatic hydroxyl groups is 1. The number of hydrogen-bond donors (Lipinski definition) is 2. The standard InChI is InChI=1S/C18H15Cl2N3O2/c1-2-16-14(10-21-23(16)13-5-3-4-11(19)8-13)18(25)22-15-9-12(20)6-7-17(15)24/h3-10,24H,2H2,1H3,(H,22,25). The number of carbonyl (C=O) groups excluding carboxylic acids is 1. The molecule has 0 atom stereocenters. The maximum atomic E-state index is 12.6. The molecule has 0 aliphatic heterocycles. The molecule has 0 radical (unpaired) electrons. The highest BCUT2D eigenvalue weighted by Gasteiger charge is 2.18. The highest BCUT2D eigenvalue weighted by Crippen LogP contribution is 2.27. The minimum absolute atomic E-state index is 0.0574. The number of nitrogens with zero attached hydrogens (tertiary/aromatic N) is 2. The maximum Gasteiger partial charge on any atom is 0.259 e. The van der Waals surface area contributed by atoms with Crippen LogP contribution in [-0.2, 0) is 6.42 Å². The molecular weight excluding hydrogens is 361 g/mol. The Hall–Kier alpha value is -2.50. The van der Waals surface area contributed by atoms with E-state index < -0.39 is 0 Å². The summed E-state index contributed by atoms with van der Waals surface area (Å²) in [6, 6.07) is 11.7. The van der Waals surface area contributed by atoms with Gasteiger partial charge >= 0.3 is 0 Å². The van der Waals surface area contributed by atoms with Crippen LogP contribution in [-0.4, -0.2) is 20.8 Å². The van der Waals surface area contributed by atoms with Crippen molar-refractivity contribution in [1.82, 2.24) is 9.78 Å². The van der Waals surface area contributed by atoms with Crippen LogP contribution in [0.1, 0.15) is 23.0 Å². The largest absolute Gasteiger partial charge is 0.506 e. The van der Waals surface area contributed by atoms with Gasteiger partial charge in [0.1, 0.15) is 5.75 Å². The normalized spacial score (nSPS) is 10.7. The molecule has 2 N–H and O–H groups in total. The van der Waals surface area contributed by atoms with Crippen molar-refractivity contribution >= 4 is 34.8 Å². The van der Waals surface area contributed by atoms with Crippen molar-refractivity contribution < 1.29 is 9.90 Å². The number of benzene rings is 2. The Kier molecular flexibility index (Phi) is 4.97. The lowest BCUT2D eigenvalue weighted by molar-refractivity contribution is 0.102. The number of rotatable bonds is 4. The van der Waals surface area contributed by atoms with E-state index in [9.17, 15) is 9.90 Å². The smallest absolute Gasteiger partial charge is 0.259 e. The predicted molar refractivity (Wildman–Crippen MR) is 99.0 cm³/mol. The second kappa shape index (κ2) is 7.17. The molecular formula is C18H15Cl2N3O2. The van der Waals surface area contributed by atoms with E-state index >= 15 is 0 Å². The van der Waals surface area contributed by atoms with Gasteiger partial charge in [-0.15, -0.1) is 0 Å². The summed E-state index contributed by atoms with van der Waals surface area (Å²) in [6.45, 7) is 1.94. The van der Waals surface area contributed by atoms with E-state index in [1.807, 2.05) is 19.1 Å². The van der Waals surface area contributed by atoms with Gasteiger partial charge in [-0.05, 0) is 42.8 Å². The number of nitrogens with one attached hydrogen (secondary N) is 1. The first-order chi connectivity index (χ1) is 12.0. The zero-order valence-corrected chi connectivity index (χ0v) is 14.8. The van der Waals surface area contributed by atoms with Crippen molar-refractivity contribution in [2.75, 3.05) is 5.32 Å². The molecule has 3 aromatic rings. The molecule has 0 saturated carbocycles. The van der Waals surface area contributed by atoms with Crippen molar-refractivity contribution in [2.45, 2.75) is 13.3 Å². The van der Waals surface area contributed by atoms with Crippen molar-refractivity contribution in [3.63, 3.8) is 0 Å². The minimum Gasteiger partial charge on any atom is -0.506 e. The molecule has 0 spiro atoms. The van der Waals surface area contributed by atoms with Crippen LogP contribution >= 0.6 is 23.2 Å². The van der Waals surface area contributed by atoms with Crippen LogP contribution in [0.2, 0.25) is 10.0 Å². The third-order valence-electron chi connectivity index (χ3n) is 3.71. The van der Waals surface area contributed by atoms with Crippen molar-refractivity contribution in [2.24, 2.45) is 0 Å². The number of anilines is 1. The van der Waals surface area contributed by atoms with E-state index in [0.29, 0.717) is 22.0 Å². The minimum atomic E-state index is -0.373. The Balaban J connectivity index is 1.95. The molecule has 0 aliphatic rings. The second-order valence-electron chi connectivity index (χ2n) is 5.37. The summed E-state index contributed by atoms with van der Waals surface area (Å²) in [5, 5.41) is 17.8. The van der Waals surface area contributed by atoms with Gasteiger partial charge in [0.25, 0.3) is 5.91 Å². The van der Waals surface area contributed by atoms with E-state index in [-0.39, 0.29) is 17.3 Å².